The van der Waals surface area contributed by atoms with E-state index in [1.165, 1.54) is 22.9 Å². The van der Waals surface area contributed by atoms with Gasteiger partial charge in [-0.05, 0) is 97.9 Å². The third-order valence-corrected chi connectivity index (χ3v) is 8.84. The minimum atomic E-state index is -0.233. The van der Waals surface area contributed by atoms with E-state index in [2.05, 4.69) is 11.4 Å². The Bertz CT molecular complexity index is 1620. The number of nitrogens with zero attached hydrogens (tertiary/aromatic N) is 2. The summed E-state index contributed by atoms with van der Waals surface area (Å²) in [5, 5.41) is 4.34. The lowest BCUT2D eigenvalue weighted by Gasteiger charge is -2.33. The summed E-state index contributed by atoms with van der Waals surface area (Å²) in [6.07, 6.45) is 5.01. The Labute approximate surface area is 270 Å². The molecule has 0 fully saturated rings. The van der Waals surface area contributed by atoms with E-state index >= 15 is 0 Å². The summed E-state index contributed by atoms with van der Waals surface area (Å²) in [7, 11) is 6.56. The van der Waals surface area contributed by atoms with Crippen molar-refractivity contribution in [1.82, 2.24) is 5.32 Å². The first kappa shape index (κ1) is 32.0. The van der Waals surface area contributed by atoms with Gasteiger partial charge < -0.3 is 29.2 Å². The van der Waals surface area contributed by atoms with E-state index in [0.717, 1.165) is 41.8 Å². The van der Waals surface area contributed by atoms with Crippen molar-refractivity contribution < 1.29 is 23.7 Å². The average molecular weight is 628 g/mol. The fraction of sp³-hybridized carbons (Fsp3) is 0.333. The fourth-order valence-electron chi connectivity index (χ4n) is 5.87. The molecule has 8 nitrogen and oxygen atoms in total. The maximum absolute atomic E-state index is 13.6. The van der Waals surface area contributed by atoms with Gasteiger partial charge in [-0.2, -0.15) is 0 Å². The van der Waals surface area contributed by atoms with Crippen LogP contribution in [-0.2, 0) is 4.79 Å². The molecule has 9 heteroatoms. The number of hydrogen-bond donors (Lipinski definition) is 1. The highest BCUT2D eigenvalue weighted by Crippen LogP contribution is 2.43. The number of carbonyl (C=O) groups is 1. The molecule has 0 aromatic heterocycles. The van der Waals surface area contributed by atoms with Gasteiger partial charge in [0.15, 0.2) is 28.2 Å². The summed E-state index contributed by atoms with van der Waals surface area (Å²) in [6.45, 7) is 4.06. The number of anilines is 1. The smallest absolute Gasteiger partial charge is 0.237 e. The average Bonchev–Trinajstić information content (AvgIpc) is 3.07. The quantitative estimate of drug-likeness (QED) is 0.251. The third kappa shape index (κ3) is 7.14. The van der Waals surface area contributed by atoms with E-state index in [1.54, 1.807) is 28.4 Å². The lowest BCUT2D eigenvalue weighted by Crippen LogP contribution is -2.39. The largest absolute Gasteiger partial charge is 0.493 e. The molecule has 1 atom stereocenters. The predicted molar refractivity (Wildman–Crippen MR) is 183 cm³/mol. The molecule has 5 rings (SSSR count). The Hall–Kier alpha value is -4.37. The van der Waals surface area contributed by atoms with Gasteiger partial charge in [-0.25, -0.2) is 4.99 Å². The number of amides is 1. The van der Waals surface area contributed by atoms with Crippen molar-refractivity contribution >= 4 is 34.6 Å². The van der Waals surface area contributed by atoms with Crippen molar-refractivity contribution in [2.24, 2.45) is 4.99 Å². The molecule has 1 N–H and O–H groups in total. The number of carbonyl (C=O) groups excluding carboxylic acids is 1. The Morgan fingerprint density at radius 1 is 0.911 bits per heavy atom. The number of aliphatic imine (C=N–C) groups is 1. The number of nitrogens with one attached hydrogen (secondary N) is 1. The van der Waals surface area contributed by atoms with Gasteiger partial charge in [0.25, 0.3) is 0 Å². The number of rotatable bonds is 10. The Morgan fingerprint density at radius 3 is 2.24 bits per heavy atom. The van der Waals surface area contributed by atoms with Crippen LogP contribution in [0.25, 0.3) is 6.08 Å². The van der Waals surface area contributed by atoms with Crippen LogP contribution in [0.5, 0.6) is 23.0 Å². The first-order valence-electron chi connectivity index (χ1n) is 15.1. The minimum absolute atomic E-state index is 0.0185. The molecule has 0 saturated heterocycles. The first-order chi connectivity index (χ1) is 21.9. The number of hydrogen-bond acceptors (Lipinski definition) is 8. The molecule has 1 heterocycles. The fourth-order valence-corrected chi connectivity index (χ4v) is 6.63. The lowest BCUT2D eigenvalue weighted by atomic mass is 9.84. The molecule has 0 saturated carbocycles. The summed E-state index contributed by atoms with van der Waals surface area (Å²) >= 11 is 1.43. The van der Waals surface area contributed by atoms with Gasteiger partial charge in [0.2, 0.25) is 5.91 Å². The van der Waals surface area contributed by atoms with Crippen LogP contribution in [0.1, 0.15) is 50.3 Å². The van der Waals surface area contributed by atoms with Crippen LogP contribution in [0, 0.1) is 0 Å². The molecule has 1 aliphatic heterocycles. The van der Waals surface area contributed by atoms with Crippen LogP contribution in [0.15, 0.2) is 88.6 Å². The van der Waals surface area contributed by atoms with Crippen molar-refractivity contribution in [3.8, 4) is 23.0 Å². The van der Waals surface area contributed by atoms with Gasteiger partial charge in [0.1, 0.15) is 6.04 Å². The van der Waals surface area contributed by atoms with E-state index in [9.17, 15) is 4.79 Å². The Kier molecular flexibility index (Phi) is 10.4. The second-order valence-corrected chi connectivity index (χ2v) is 12.1. The summed E-state index contributed by atoms with van der Waals surface area (Å²) in [5.74, 6) is 2.96. The van der Waals surface area contributed by atoms with Gasteiger partial charge in [-0.15, -0.1) is 0 Å². The number of para-hydroxylation sites is 1. The van der Waals surface area contributed by atoms with E-state index < -0.39 is 0 Å². The number of thioether (sulfide) groups is 1. The van der Waals surface area contributed by atoms with Gasteiger partial charge >= 0.3 is 0 Å². The standard InChI is InChI=1S/C36H41N3O5S/c1-23(2)39(27-12-8-7-9-13-27)33(40)22-45-36-37-34-25(19-24-15-17-29(41-3)31(20-24)43-5)11-10-14-28(34)35(38-36)26-16-18-30(42-4)32(21-26)44-6/h7-9,12-13,15-21,23,35H,10-11,14,22H2,1-6H3,(H,37,38)/b25-19+. The number of methoxy groups -OCH3 is 4. The molecule has 2 aliphatic rings. The van der Waals surface area contributed by atoms with Crippen LogP contribution < -0.4 is 29.2 Å². The third-order valence-electron chi connectivity index (χ3n) is 7.97. The monoisotopic (exact) mass is 627 g/mol. The zero-order valence-corrected chi connectivity index (χ0v) is 27.6. The zero-order chi connectivity index (χ0) is 31.9. The van der Waals surface area contributed by atoms with Crippen LogP contribution in [0.2, 0.25) is 0 Å². The van der Waals surface area contributed by atoms with Crippen molar-refractivity contribution in [3.63, 3.8) is 0 Å². The van der Waals surface area contributed by atoms with Gasteiger partial charge in [0, 0.05) is 17.4 Å². The number of benzene rings is 3. The molecular formula is C36H41N3O5S. The normalized spacial score (nSPS) is 16.9. The SMILES string of the molecule is COc1ccc(/C=C2\CCCC3=C2NC(SCC(=O)N(c2ccccc2)C(C)C)=NC3c2ccc(OC)c(OC)c2)cc1OC. The molecule has 45 heavy (non-hydrogen) atoms. The topological polar surface area (TPSA) is 81.6 Å². The molecule has 1 amide bonds. The number of amidine groups is 1. The molecular weight excluding hydrogens is 586 g/mol. The van der Waals surface area contributed by atoms with Gasteiger partial charge in [-0.1, -0.05) is 42.1 Å². The molecule has 3 aromatic rings. The molecule has 1 unspecified atom stereocenters. The first-order valence-corrected chi connectivity index (χ1v) is 16.1. The maximum atomic E-state index is 13.6. The van der Waals surface area contributed by atoms with E-state index in [-0.39, 0.29) is 23.7 Å². The summed E-state index contributed by atoms with van der Waals surface area (Å²) < 4.78 is 22.2. The highest BCUT2D eigenvalue weighted by molar-refractivity contribution is 8.14. The van der Waals surface area contributed by atoms with E-state index in [4.69, 9.17) is 23.9 Å². The van der Waals surface area contributed by atoms with Crippen LogP contribution in [-0.4, -0.2) is 51.3 Å². The molecule has 0 radical (unpaired) electrons. The van der Waals surface area contributed by atoms with Crippen molar-refractivity contribution in [2.45, 2.75) is 45.2 Å². The molecule has 1 aliphatic carbocycles. The second-order valence-electron chi connectivity index (χ2n) is 11.1. The highest BCUT2D eigenvalue weighted by Gasteiger charge is 2.31. The van der Waals surface area contributed by atoms with Gasteiger partial charge in [-0.3, -0.25) is 4.79 Å². The highest BCUT2D eigenvalue weighted by atomic mass is 32.2. The van der Waals surface area contributed by atoms with Crippen LogP contribution >= 0.6 is 11.8 Å². The van der Waals surface area contributed by atoms with Crippen LogP contribution in [0.4, 0.5) is 5.69 Å². The van der Waals surface area contributed by atoms with Crippen molar-refractivity contribution in [1.29, 1.82) is 0 Å². The Balaban J connectivity index is 1.50. The van der Waals surface area contributed by atoms with Crippen LogP contribution in [0.3, 0.4) is 0 Å². The minimum Gasteiger partial charge on any atom is -0.493 e. The Morgan fingerprint density at radius 2 is 1.58 bits per heavy atom. The second kappa shape index (κ2) is 14.6. The van der Waals surface area contributed by atoms with Crippen molar-refractivity contribution in [2.75, 3.05) is 39.1 Å². The lowest BCUT2D eigenvalue weighted by molar-refractivity contribution is -0.116. The summed E-state index contributed by atoms with van der Waals surface area (Å²) in [6, 6.07) is 21.5. The summed E-state index contributed by atoms with van der Waals surface area (Å²) in [4.78, 5) is 20.6. The molecule has 0 spiro atoms. The van der Waals surface area contributed by atoms with E-state index in [0.29, 0.717) is 28.2 Å². The van der Waals surface area contributed by atoms with E-state index in [1.807, 2.05) is 85.5 Å². The zero-order valence-electron chi connectivity index (χ0n) is 26.8. The summed E-state index contributed by atoms with van der Waals surface area (Å²) in [5.41, 5.74) is 6.36. The number of allylic oxidation sites excluding steroid dienone is 1. The number of ether oxygens (including phenoxy) is 4. The van der Waals surface area contributed by atoms with Crippen molar-refractivity contribution in [3.05, 3.63) is 94.7 Å². The predicted octanol–water partition coefficient (Wildman–Crippen LogP) is 7.42. The molecule has 3 aromatic carbocycles. The maximum Gasteiger partial charge on any atom is 0.237 e. The molecule has 0 bridgehead atoms. The molecule has 236 valence electrons. The van der Waals surface area contributed by atoms with Gasteiger partial charge in [0.05, 0.1) is 34.2 Å².